The summed E-state index contributed by atoms with van der Waals surface area (Å²) < 4.78 is 5.93. The van der Waals surface area contributed by atoms with Gasteiger partial charge in [-0.15, -0.1) is 0 Å². The van der Waals surface area contributed by atoms with Gasteiger partial charge < -0.3 is 10.1 Å². The summed E-state index contributed by atoms with van der Waals surface area (Å²) in [5, 5.41) is 3.93. The Labute approximate surface area is 130 Å². The van der Waals surface area contributed by atoms with Crippen molar-refractivity contribution in [3.63, 3.8) is 0 Å². The first kappa shape index (κ1) is 15.8. The molecule has 3 fully saturated rings. The van der Waals surface area contributed by atoms with Gasteiger partial charge in [0.15, 0.2) is 0 Å². The molecule has 2 heterocycles. The zero-order chi connectivity index (χ0) is 14.5. The van der Waals surface area contributed by atoms with Crippen molar-refractivity contribution in [2.75, 3.05) is 26.2 Å². The van der Waals surface area contributed by atoms with Gasteiger partial charge in [-0.3, -0.25) is 4.90 Å². The Bertz CT molecular complexity index is 308. The molecule has 1 spiro atoms. The molecule has 3 aliphatic rings. The lowest BCUT2D eigenvalue weighted by atomic mass is 9.79. The van der Waals surface area contributed by atoms with Gasteiger partial charge in [-0.05, 0) is 44.9 Å². The van der Waals surface area contributed by atoms with Crippen molar-refractivity contribution >= 4 is 0 Å². The largest absolute Gasteiger partial charge is 0.378 e. The van der Waals surface area contributed by atoms with E-state index >= 15 is 0 Å². The van der Waals surface area contributed by atoms with Crippen LogP contribution in [0.1, 0.15) is 71.1 Å². The van der Waals surface area contributed by atoms with Gasteiger partial charge in [-0.2, -0.15) is 0 Å². The first-order valence-corrected chi connectivity index (χ1v) is 9.42. The molecule has 0 amide bonds. The van der Waals surface area contributed by atoms with Crippen molar-refractivity contribution in [3.8, 4) is 0 Å². The van der Waals surface area contributed by atoms with Crippen molar-refractivity contribution < 1.29 is 4.74 Å². The highest BCUT2D eigenvalue weighted by Crippen LogP contribution is 2.32. The Morgan fingerprint density at radius 1 is 1.14 bits per heavy atom. The van der Waals surface area contributed by atoms with Crippen LogP contribution >= 0.6 is 0 Å². The summed E-state index contributed by atoms with van der Waals surface area (Å²) in [5.41, 5.74) is 0.442. The molecule has 2 unspecified atom stereocenters. The van der Waals surface area contributed by atoms with E-state index < -0.39 is 0 Å². The second-order valence-corrected chi connectivity index (χ2v) is 7.53. The lowest BCUT2D eigenvalue weighted by Gasteiger charge is -2.50. The van der Waals surface area contributed by atoms with Gasteiger partial charge in [0.25, 0.3) is 0 Å². The van der Waals surface area contributed by atoms with E-state index in [0.717, 1.165) is 12.6 Å². The van der Waals surface area contributed by atoms with Crippen LogP contribution in [0.5, 0.6) is 0 Å². The lowest BCUT2D eigenvalue weighted by Crippen LogP contribution is -2.64. The molecule has 3 rings (SSSR count). The second-order valence-electron chi connectivity index (χ2n) is 7.53. The molecule has 1 aliphatic carbocycles. The maximum Gasteiger partial charge on any atom is 0.0587 e. The Morgan fingerprint density at radius 2 is 2.00 bits per heavy atom. The zero-order valence-electron chi connectivity index (χ0n) is 13.9. The molecular weight excluding hydrogens is 260 g/mol. The fraction of sp³-hybridized carbons (Fsp3) is 1.00. The predicted octanol–water partition coefficient (Wildman–Crippen LogP) is 3.33. The number of piperazine rings is 1. The van der Waals surface area contributed by atoms with Gasteiger partial charge in [0.05, 0.1) is 6.10 Å². The molecule has 0 aromatic rings. The summed E-state index contributed by atoms with van der Waals surface area (Å²) in [4.78, 5) is 2.79. The lowest BCUT2D eigenvalue weighted by molar-refractivity contribution is -0.00781. The fourth-order valence-electron chi connectivity index (χ4n) is 4.61. The molecule has 122 valence electrons. The van der Waals surface area contributed by atoms with Gasteiger partial charge in [0.1, 0.15) is 0 Å². The van der Waals surface area contributed by atoms with Crippen LogP contribution in [0.4, 0.5) is 0 Å². The average molecular weight is 294 g/mol. The van der Waals surface area contributed by atoms with Gasteiger partial charge in [-0.25, -0.2) is 0 Å². The number of hydrogen-bond acceptors (Lipinski definition) is 3. The summed E-state index contributed by atoms with van der Waals surface area (Å²) >= 11 is 0. The molecule has 2 aliphatic heterocycles. The predicted molar refractivity (Wildman–Crippen MR) is 87.7 cm³/mol. The van der Waals surface area contributed by atoms with Crippen LogP contribution in [0.2, 0.25) is 0 Å². The molecule has 21 heavy (non-hydrogen) atoms. The smallest absolute Gasteiger partial charge is 0.0587 e. The number of hydrogen-bond donors (Lipinski definition) is 1. The average Bonchev–Trinajstić information content (AvgIpc) is 2.55. The molecule has 3 nitrogen and oxygen atoms in total. The summed E-state index contributed by atoms with van der Waals surface area (Å²) in [6.07, 6.45) is 14.0. The van der Waals surface area contributed by atoms with E-state index in [9.17, 15) is 0 Å². The molecular formula is C18H34N2O. The minimum Gasteiger partial charge on any atom is -0.378 e. The van der Waals surface area contributed by atoms with E-state index in [0.29, 0.717) is 11.6 Å². The molecule has 0 aromatic carbocycles. The number of nitrogens with one attached hydrogen (secondary N) is 1. The summed E-state index contributed by atoms with van der Waals surface area (Å²) in [5.74, 6) is 0. The van der Waals surface area contributed by atoms with E-state index in [1.807, 2.05) is 0 Å². The van der Waals surface area contributed by atoms with Crippen LogP contribution in [0.3, 0.4) is 0 Å². The quantitative estimate of drug-likeness (QED) is 0.861. The van der Waals surface area contributed by atoms with Gasteiger partial charge >= 0.3 is 0 Å². The molecule has 0 radical (unpaired) electrons. The normalized spacial score (nSPS) is 34.1. The van der Waals surface area contributed by atoms with Crippen molar-refractivity contribution in [2.24, 2.45) is 0 Å². The summed E-state index contributed by atoms with van der Waals surface area (Å²) in [6.45, 7) is 7.05. The Kier molecular flexibility index (Phi) is 5.58. The minimum absolute atomic E-state index is 0.442. The molecule has 1 saturated carbocycles. The number of nitrogens with zero attached hydrogens (tertiary/aromatic N) is 1. The maximum absolute atomic E-state index is 5.93. The maximum atomic E-state index is 5.93. The van der Waals surface area contributed by atoms with E-state index in [2.05, 4.69) is 17.1 Å². The molecule has 2 saturated heterocycles. The third kappa shape index (κ3) is 4.00. The van der Waals surface area contributed by atoms with Gasteiger partial charge in [0.2, 0.25) is 0 Å². The third-order valence-electron chi connectivity index (χ3n) is 6.03. The highest BCUT2D eigenvalue weighted by molar-refractivity contribution is 4.99. The molecule has 0 bridgehead atoms. The third-order valence-corrected chi connectivity index (χ3v) is 6.03. The second kappa shape index (κ2) is 7.43. The van der Waals surface area contributed by atoms with Crippen molar-refractivity contribution in [2.45, 2.75) is 88.8 Å². The van der Waals surface area contributed by atoms with E-state index in [1.165, 1.54) is 83.8 Å². The van der Waals surface area contributed by atoms with Gasteiger partial charge in [0, 0.05) is 37.8 Å². The Hall–Kier alpha value is -0.120. The topological polar surface area (TPSA) is 24.5 Å². The van der Waals surface area contributed by atoms with Crippen molar-refractivity contribution in [1.82, 2.24) is 10.2 Å². The Morgan fingerprint density at radius 3 is 2.71 bits per heavy atom. The van der Waals surface area contributed by atoms with E-state index in [4.69, 9.17) is 4.74 Å². The van der Waals surface area contributed by atoms with Crippen LogP contribution in [-0.2, 0) is 4.74 Å². The van der Waals surface area contributed by atoms with E-state index in [-0.39, 0.29) is 0 Å². The summed E-state index contributed by atoms with van der Waals surface area (Å²) in [7, 11) is 0. The monoisotopic (exact) mass is 294 g/mol. The molecule has 0 aromatic heterocycles. The standard InChI is InChI=1S/C18H34N2O/c1-2-16-14-19-18(10-5-3-6-11-18)15-20(16)12-9-17-8-4-7-13-21-17/h16-17,19H,2-15H2,1H3. The number of rotatable bonds is 4. The van der Waals surface area contributed by atoms with Crippen LogP contribution in [0.15, 0.2) is 0 Å². The molecule has 2 atom stereocenters. The SMILES string of the molecule is CCC1CNC2(CCCCC2)CN1CCC1CCCCO1. The highest BCUT2D eigenvalue weighted by Gasteiger charge is 2.39. The van der Waals surface area contributed by atoms with Crippen LogP contribution in [0.25, 0.3) is 0 Å². The van der Waals surface area contributed by atoms with E-state index in [1.54, 1.807) is 0 Å². The van der Waals surface area contributed by atoms with Crippen LogP contribution in [-0.4, -0.2) is 48.8 Å². The first-order valence-electron chi connectivity index (χ1n) is 9.42. The fourth-order valence-corrected chi connectivity index (χ4v) is 4.61. The minimum atomic E-state index is 0.442. The zero-order valence-corrected chi connectivity index (χ0v) is 13.9. The summed E-state index contributed by atoms with van der Waals surface area (Å²) in [6, 6.07) is 0.737. The molecule has 3 heteroatoms. The van der Waals surface area contributed by atoms with Crippen LogP contribution < -0.4 is 5.32 Å². The van der Waals surface area contributed by atoms with Gasteiger partial charge in [-0.1, -0.05) is 26.2 Å². The van der Waals surface area contributed by atoms with Crippen molar-refractivity contribution in [1.29, 1.82) is 0 Å². The van der Waals surface area contributed by atoms with Crippen LogP contribution in [0, 0.1) is 0 Å². The highest BCUT2D eigenvalue weighted by atomic mass is 16.5. The number of ether oxygens (including phenoxy) is 1. The van der Waals surface area contributed by atoms with Crippen molar-refractivity contribution in [3.05, 3.63) is 0 Å². The Balaban J connectivity index is 1.54. The first-order chi connectivity index (χ1) is 10.3. The molecule has 1 N–H and O–H groups in total.